The lowest BCUT2D eigenvalue weighted by molar-refractivity contribution is 0.0554. The first-order chi connectivity index (χ1) is 12.5. The molecule has 0 saturated heterocycles. The van der Waals surface area contributed by atoms with Crippen molar-refractivity contribution in [1.82, 2.24) is 4.31 Å². The molecule has 0 saturated carbocycles. The number of carbonyl (C=O) groups is 2. The Morgan fingerprint density at radius 3 is 2.26 bits per heavy atom. The first kappa shape index (κ1) is 21.3. The summed E-state index contributed by atoms with van der Waals surface area (Å²) in [5.41, 5.74) is 0.984. The molecule has 1 heterocycles. The number of aliphatic hydroxyl groups is 1. The first-order valence-electron chi connectivity index (χ1n) is 8.45. The molecule has 2 rings (SSSR count). The van der Waals surface area contributed by atoms with E-state index in [1.54, 1.807) is 26.8 Å². The van der Waals surface area contributed by atoms with Gasteiger partial charge in [-0.25, -0.2) is 18.0 Å². The van der Waals surface area contributed by atoms with Crippen molar-refractivity contribution in [2.75, 3.05) is 20.8 Å². The van der Waals surface area contributed by atoms with E-state index in [0.717, 1.165) is 0 Å². The second kappa shape index (κ2) is 7.57. The normalized spacial score (nSPS) is 17.5. The van der Waals surface area contributed by atoms with E-state index in [-0.39, 0.29) is 30.7 Å². The highest BCUT2D eigenvalue weighted by Gasteiger charge is 2.45. The highest BCUT2D eigenvalue weighted by Crippen LogP contribution is 2.43. The lowest BCUT2D eigenvalue weighted by Gasteiger charge is -2.31. The van der Waals surface area contributed by atoms with Gasteiger partial charge < -0.3 is 14.6 Å². The quantitative estimate of drug-likeness (QED) is 0.749. The first-order valence-corrected chi connectivity index (χ1v) is 9.89. The number of methoxy groups -OCH3 is 2. The lowest BCUT2D eigenvalue weighted by Crippen LogP contribution is -2.42. The molecule has 0 fully saturated rings. The van der Waals surface area contributed by atoms with E-state index in [1.165, 1.54) is 24.6 Å². The van der Waals surface area contributed by atoms with Gasteiger partial charge in [-0.05, 0) is 44.4 Å². The standard InChI is InChI=1S/C18H25NO7S/c1-18(2,3)27(23,24)19-10-13-11(14(19)8-9-20)6-7-12(16(21)25-4)15(13)17(22)26-5/h6-7,14,20H,8-10H2,1-5H3/t14-/m1/s1. The molecular weight excluding hydrogens is 374 g/mol. The van der Waals surface area contributed by atoms with Gasteiger partial charge in [0, 0.05) is 13.2 Å². The van der Waals surface area contributed by atoms with Crippen molar-refractivity contribution in [1.29, 1.82) is 0 Å². The van der Waals surface area contributed by atoms with Crippen LogP contribution in [-0.2, 0) is 26.0 Å². The molecule has 0 unspecified atom stereocenters. The van der Waals surface area contributed by atoms with Crippen molar-refractivity contribution in [2.24, 2.45) is 0 Å². The fourth-order valence-corrected chi connectivity index (χ4v) is 4.77. The van der Waals surface area contributed by atoms with Crippen molar-refractivity contribution >= 4 is 22.0 Å². The van der Waals surface area contributed by atoms with Gasteiger partial charge in [0.25, 0.3) is 0 Å². The molecule has 0 bridgehead atoms. The van der Waals surface area contributed by atoms with Gasteiger partial charge in [0.2, 0.25) is 10.0 Å². The van der Waals surface area contributed by atoms with Gasteiger partial charge in [0.15, 0.2) is 0 Å². The van der Waals surface area contributed by atoms with Crippen LogP contribution in [0.25, 0.3) is 0 Å². The minimum Gasteiger partial charge on any atom is -0.465 e. The van der Waals surface area contributed by atoms with Crippen molar-refractivity contribution in [3.63, 3.8) is 0 Å². The molecule has 27 heavy (non-hydrogen) atoms. The maximum Gasteiger partial charge on any atom is 0.339 e. The summed E-state index contributed by atoms with van der Waals surface area (Å²) in [6.45, 7) is 4.44. The maximum absolute atomic E-state index is 13.1. The summed E-state index contributed by atoms with van der Waals surface area (Å²) in [7, 11) is -1.37. The predicted molar refractivity (Wildman–Crippen MR) is 97.8 cm³/mol. The number of hydrogen-bond donors (Lipinski definition) is 1. The number of esters is 2. The summed E-state index contributed by atoms with van der Waals surface area (Å²) in [6.07, 6.45) is 0.167. The lowest BCUT2D eigenvalue weighted by atomic mass is 9.94. The molecular formula is C18H25NO7S. The topological polar surface area (TPSA) is 110 Å². The molecule has 1 aromatic carbocycles. The second-order valence-electron chi connectivity index (χ2n) is 7.23. The SMILES string of the molecule is COC(=O)c1ccc2c(c1C(=O)OC)CN(S(=O)(=O)C(C)(C)C)[C@@H]2CCO. The maximum atomic E-state index is 13.1. The fourth-order valence-electron chi connectivity index (χ4n) is 3.21. The fraction of sp³-hybridized carbons (Fsp3) is 0.556. The molecule has 8 nitrogen and oxygen atoms in total. The van der Waals surface area contributed by atoms with Crippen LogP contribution in [-0.4, -0.2) is 55.3 Å². The van der Waals surface area contributed by atoms with Crippen LogP contribution >= 0.6 is 0 Å². The van der Waals surface area contributed by atoms with Crippen LogP contribution in [0.4, 0.5) is 0 Å². The zero-order valence-electron chi connectivity index (χ0n) is 16.1. The van der Waals surface area contributed by atoms with Gasteiger partial charge in [0.1, 0.15) is 0 Å². The van der Waals surface area contributed by atoms with E-state index in [0.29, 0.717) is 11.1 Å². The molecule has 0 aliphatic carbocycles. The van der Waals surface area contributed by atoms with Gasteiger partial charge >= 0.3 is 11.9 Å². The van der Waals surface area contributed by atoms with Crippen molar-refractivity contribution < 1.29 is 32.6 Å². The Bertz CT molecular complexity index is 855. The minimum atomic E-state index is -3.75. The number of nitrogens with zero attached hydrogens (tertiary/aromatic N) is 1. The zero-order chi connectivity index (χ0) is 20.6. The second-order valence-corrected chi connectivity index (χ2v) is 9.87. The molecule has 9 heteroatoms. The summed E-state index contributed by atoms with van der Waals surface area (Å²) in [6, 6.07) is 2.39. The number of aliphatic hydroxyl groups excluding tert-OH is 1. The molecule has 1 aliphatic heterocycles. The Morgan fingerprint density at radius 1 is 1.19 bits per heavy atom. The molecule has 1 aliphatic rings. The molecule has 0 amide bonds. The van der Waals surface area contributed by atoms with E-state index in [1.807, 2.05) is 0 Å². The molecule has 1 aromatic rings. The van der Waals surface area contributed by atoms with Crippen LogP contribution in [0.2, 0.25) is 0 Å². The van der Waals surface area contributed by atoms with Crippen LogP contribution in [0, 0.1) is 0 Å². The van der Waals surface area contributed by atoms with Crippen LogP contribution in [0.3, 0.4) is 0 Å². The third-order valence-electron chi connectivity index (χ3n) is 4.65. The summed E-state index contributed by atoms with van der Waals surface area (Å²) in [5.74, 6) is -1.46. The zero-order valence-corrected chi connectivity index (χ0v) is 16.9. The van der Waals surface area contributed by atoms with E-state index in [4.69, 9.17) is 9.47 Å². The van der Waals surface area contributed by atoms with Crippen molar-refractivity contribution in [3.8, 4) is 0 Å². The van der Waals surface area contributed by atoms with E-state index in [2.05, 4.69) is 0 Å². The Balaban J connectivity index is 2.72. The highest BCUT2D eigenvalue weighted by molar-refractivity contribution is 7.90. The average Bonchev–Trinajstić information content (AvgIpc) is 2.98. The number of sulfonamides is 1. The summed E-state index contributed by atoms with van der Waals surface area (Å²) < 4.78 is 35.9. The predicted octanol–water partition coefficient (Wildman–Crippen LogP) is 1.63. The van der Waals surface area contributed by atoms with E-state index < -0.39 is 32.8 Å². The molecule has 150 valence electrons. The summed E-state index contributed by atoms with van der Waals surface area (Å²) >= 11 is 0. The monoisotopic (exact) mass is 399 g/mol. The molecule has 1 atom stereocenters. The Labute approximate surface area is 159 Å². The van der Waals surface area contributed by atoms with E-state index >= 15 is 0 Å². The average molecular weight is 399 g/mol. The van der Waals surface area contributed by atoms with Crippen LogP contribution in [0.5, 0.6) is 0 Å². The number of benzene rings is 1. The van der Waals surface area contributed by atoms with Crippen LogP contribution in [0.15, 0.2) is 12.1 Å². The Hall–Kier alpha value is -1.97. The number of fused-ring (bicyclic) bond motifs is 1. The van der Waals surface area contributed by atoms with Gasteiger partial charge in [-0.2, -0.15) is 4.31 Å². The molecule has 1 N–H and O–H groups in total. The van der Waals surface area contributed by atoms with Crippen LogP contribution < -0.4 is 0 Å². The summed E-state index contributed by atoms with van der Waals surface area (Å²) in [5, 5.41) is 9.46. The van der Waals surface area contributed by atoms with Crippen molar-refractivity contribution in [3.05, 3.63) is 34.4 Å². The third kappa shape index (κ3) is 3.59. The molecule has 0 aromatic heterocycles. The molecule has 0 spiro atoms. The third-order valence-corrected chi connectivity index (χ3v) is 7.20. The Morgan fingerprint density at radius 2 is 1.78 bits per heavy atom. The van der Waals surface area contributed by atoms with Gasteiger partial charge in [-0.1, -0.05) is 6.07 Å². The Kier molecular flexibility index (Phi) is 5.98. The number of ether oxygens (including phenoxy) is 2. The number of hydrogen-bond acceptors (Lipinski definition) is 7. The van der Waals surface area contributed by atoms with Crippen molar-refractivity contribution in [2.45, 2.75) is 44.5 Å². The van der Waals surface area contributed by atoms with Gasteiger partial charge in [-0.15, -0.1) is 0 Å². The summed E-state index contributed by atoms with van der Waals surface area (Å²) in [4.78, 5) is 24.5. The highest BCUT2D eigenvalue weighted by atomic mass is 32.2. The molecule has 0 radical (unpaired) electrons. The largest absolute Gasteiger partial charge is 0.465 e. The minimum absolute atomic E-state index is 0.00333. The van der Waals surface area contributed by atoms with Crippen LogP contribution in [0.1, 0.15) is 65.1 Å². The van der Waals surface area contributed by atoms with E-state index in [9.17, 15) is 23.1 Å². The number of carbonyl (C=O) groups excluding carboxylic acids is 2. The smallest absolute Gasteiger partial charge is 0.339 e. The van der Waals surface area contributed by atoms with Gasteiger partial charge in [-0.3, -0.25) is 0 Å². The van der Waals surface area contributed by atoms with Gasteiger partial charge in [0.05, 0.1) is 36.1 Å². The number of rotatable bonds is 5.